The minimum atomic E-state index is -1.63. The van der Waals surface area contributed by atoms with Gasteiger partial charge < -0.3 is 25.6 Å². The fraction of sp³-hybridized carbons (Fsp3) is 0.545. The van der Waals surface area contributed by atoms with Crippen molar-refractivity contribution in [2.45, 2.75) is 24.4 Å². The summed E-state index contributed by atoms with van der Waals surface area (Å²) in [6.07, 6.45) is -1.83. The Morgan fingerprint density at radius 3 is 2.65 bits per heavy atom. The third kappa shape index (κ3) is 1.67. The smallest absolute Gasteiger partial charge is 0.165 e. The van der Waals surface area contributed by atoms with Crippen LogP contribution in [0.15, 0.2) is 12.7 Å². The molecular formula is C11H14FN5O3. The van der Waals surface area contributed by atoms with Crippen molar-refractivity contribution in [1.82, 2.24) is 19.5 Å². The SMILES string of the molecule is Nc1ncnc2c1ncn2[C@@H]1[C@H](F)[C@H](CO)C(O)[C@@H]1O. The molecule has 3 rings (SSSR count). The van der Waals surface area contributed by atoms with Crippen molar-refractivity contribution in [1.29, 1.82) is 0 Å². The van der Waals surface area contributed by atoms with Crippen molar-refractivity contribution in [3.63, 3.8) is 0 Å². The number of aliphatic hydroxyl groups is 3. The summed E-state index contributed by atoms with van der Waals surface area (Å²) in [6, 6.07) is -1.08. The van der Waals surface area contributed by atoms with Crippen LogP contribution in [-0.2, 0) is 0 Å². The molecular weight excluding hydrogens is 269 g/mol. The average Bonchev–Trinajstić information content (AvgIpc) is 2.92. The number of imidazole rings is 1. The molecule has 0 radical (unpaired) electrons. The molecule has 0 spiro atoms. The summed E-state index contributed by atoms with van der Waals surface area (Å²) in [7, 11) is 0. The van der Waals surface area contributed by atoms with E-state index in [1.54, 1.807) is 0 Å². The number of nitrogen functional groups attached to an aromatic ring is 1. The van der Waals surface area contributed by atoms with Gasteiger partial charge in [0.1, 0.15) is 24.1 Å². The van der Waals surface area contributed by atoms with E-state index >= 15 is 0 Å². The molecule has 2 aromatic heterocycles. The van der Waals surface area contributed by atoms with E-state index in [1.807, 2.05) is 0 Å². The first-order chi connectivity index (χ1) is 9.56. The number of fused-ring (bicyclic) bond motifs is 1. The highest BCUT2D eigenvalue weighted by Crippen LogP contribution is 2.39. The molecule has 20 heavy (non-hydrogen) atoms. The molecule has 5 atom stereocenters. The van der Waals surface area contributed by atoms with Gasteiger partial charge in [-0.25, -0.2) is 19.3 Å². The van der Waals surface area contributed by atoms with Crippen LogP contribution in [0.1, 0.15) is 6.04 Å². The first-order valence-electron chi connectivity index (χ1n) is 6.10. The van der Waals surface area contributed by atoms with Crippen molar-refractivity contribution < 1.29 is 19.7 Å². The van der Waals surface area contributed by atoms with E-state index in [1.165, 1.54) is 17.2 Å². The van der Waals surface area contributed by atoms with E-state index in [2.05, 4.69) is 15.0 Å². The molecule has 0 saturated heterocycles. The van der Waals surface area contributed by atoms with Crippen molar-refractivity contribution >= 4 is 17.0 Å². The molecule has 0 amide bonds. The minimum absolute atomic E-state index is 0.149. The maximum Gasteiger partial charge on any atom is 0.165 e. The number of halogens is 1. The van der Waals surface area contributed by atoms with Crippen LogP contribution in [0.2, 0.25) is 0 Å². The molecule has 2 aromatic rings. The van der Waals surface area contributed by atoms with Crippen molar-refractivity contribution in [3.05, 3.63) is 12.7 Å². The third-order valence-corrected chi connectivity index (χ3v) is 3.79. The number of aromatic nitrogens is 4. The second-order valence-corrected chi connectivity index (χ2v) is 4.85. The molecule has 0 aliphatic heterocycles. The summed E-state index contributed by atoms with van der Waals surface area (Å²) in [5.41, 5.74) is 6.22. The van der Waals surface area contributed by atoms with Crippen LogP contribution in [0, 0.1) is 5.92 Å². The first-order valence-corrected chi connectivity index (χ1v) is 6.10. The first kappa shape index (κ1) is 13.2. The number of nitrogens with two attached hydrogens (primary N) is 1. The molecule has 1 saturated carbocycles. The Kier molecular flexibility index (Phi) is 3.04. The highest BCUT2D eigenvalue weighted by molar-refractivity contribution is 5.81. The second-order valence-electron chi connectivity index (χ2n) is 4.85. The summed E-state index contributed by atoms with van der Waals surface area (Å²) in [4.78, 5) is 11.8. The van der Waals surface area contributed by atoms with Gasteiger partial charge in [-0.3, -0.25) is 0 Å². The van der Waals surface area contributed by atoms with Crippen LogP contribution in [0.25, 0.3) is 11.2 Å². The standard InChI is InChI=1S/C11H14FN5O3/c12-5-4(1-18)8(19)9(20)7(5)17-3-16-6-10(13)14-2-15-11(6)17/h2-5,7-9,18-20H,1H2,(H2,13,14,15)/t4-,5+,7+,8?,9+/m0/s1. The van der Waals surface area contributed by atoms with Gasteiger partial charge in [-0.05, 0) is 0 Å². The van der Waals surface area contributed by atoms with Crippen LogP contribution < -0.4 is 5.73 Å². The van der Waals surface area contributed by atoms with E-state index in [0.717, 1.165) is 0 Å². The van der Waals surface area contributed by atoms with Crippen LogP contribution in [0.5, 0.6) is 0 Å². The zero-order valence-corrected chi connectivity index (χ0v) is 10.3. The molecule has 1 fully saturated rings. The lowest BCUT2D eigenvalue weighted by Crippen LogP contribution is -2.30. The van der Waals surface area contributed by atoms with Crippen LogP contribution in [0.4, 0.5) is 10.2 Å². The van der Waals surface area contributed by atoms with Gasteiger partial charge in [0.15, 0.2) is 11.5 Å². The van der Waals surface area contributed by atoms with Gasteiger partial charge in [-0.1, -0.05) is 0 Å². The topological polar surface area (TPSA) is 130 Å². The lowest BCUT2D eigenvalue weighted by atomic mass is 10.1. The number of anilines is 1. The van der Waals surface area contributed by atoms with Gasteiger partial charge in [0.05, 0.1) is 25.1 Å². The Bertz CT molecular complexity index is 636. The maximum absolute atomic E-state index is 14.3. The monoisotopic (exact) mass is 283 g/mol. The Hall–Kier alpha value is -1.84. The predicted molar refractivity (Wildman–Crippen MR) is 66.3 cm³/mol. The van der Waals surface area contributed by atoms with Gasteiger partial charge in [-0.2, -0.15) is 0 Å². The summed E-state index contributed by atoms with van der Waals surface area (Å²) in [5.74, 6) is -0.900. The number of nitrogens with zero attached hydrogens (tertiary/aromatic N) is 4. The Balaban J connectivity index is 2.09. The van der Waals surface area contributed by atoms with Gasteiger partial charge in [0, 0.05) is 5.92 Å². The highest BCUT2D eigenvalue weighted by Gasteiger charge is 2.51. The third-order valence-electron chi connectivity index (χ3n) is 3.79. The van der Waals surface area contributed by atoms with E-state index in [9.17, 15) is 14.6 Å². The van der Waals surface area contributed by atoms with Crippen molar-refractivity contribution in [2.24, 2.45) is 5.92 Å². The van der Waals surface area contributed by atoms with E-state index in [4.69, 9.17) is 10.8 Å². The number of hydrogen-bond acceptors (Lipinski definition) is 7. The van der Waals surface area contributed by atoms with E-state index in [-0.39, 0.29) is 11.5 Å². The number of alkyl halides is 1. The maximum atomic E-state index is 14.3. The summed E-state index contributed by atoms with van der Waals surface area (Å²) in [6.45, 7) is -0.556. The lowest BCUT2D eigenvalue weighted by molar-refractivity contribution is -0.00496. The lowest BCUT2D eigenvalue weighted by Gasteiger charge is -2.19. The van der Waals surface area contributed by atoms with E-state index in [0.29, 0.717) is 5.52 Å². The number of hydrogen-bond donors (Lipinski definition) is 4. The van der Waals surface area contributed by atoms with Gasteiger partial charge in [0.25, 0.3) is 0 Å². The Labute approximate surface area is 112 Å². The molecule has 2 heterocycles. The largest absolute Gasteiger partial charge is 0.396 e. The van der Waals surface area contributed by atoms with Crippen molar-refractivity contribution in [2.75, 3.05) is 12.3 Å². The zero-order chi connectivity index (χ0) is 14.4. The molecule has 9 heteroatoms. The summed E-state index contributed by atoms with van der Waals surface area (Å²) in [5, 5.41) is 28.9. The summed E-state index contributed by atoms with van der Waals surface area (Å²) >= 11 is 0. The fourth-order valence-corrected chi connectivity index (χ4v) is 2.70. The van der Waals surface area contributed by atoms with Gasteiger partial charge in [0.2, 0.25) is 0 Å². The molecule has 1 unspecified atom stereocenters. The molecule has 8 nitrogen and oxygen atoms in total. The molecule has 0 aromatic carbocycles. The second kappa shape index (κ2) is 4.62. The van der Waals surface area contributed by atoms with Gasteiger partial charge in [-0.15, -0.1) is 0 Å². The molecule has 0 bridgehead atoms. The van der Waals surface area contributed by atoms with Crippen LogP contribution in [0.3, 0.4) is 0 Å². The van der Waals surface area contributed by atoms with E-state index < -0.39 is 36.9 Å². The Morgan fingerprint density at radius 1 is 1.25 bits per heavy atom. The normalized spacial score (nSPS) is 33.9. The molecule has 1 aliphatic carbocycles. The number of rotatable bonds is 2. The number of aliphatic hydroxyl groups excluding tert-OH is 3. The van der Waals surface area contributed by atoms with Crippen molar-refractivity contribution in [3.8, 4) is 0 Å². The van der Waals surface area contributed by atoms with Gasteiger partial charge >= 0.3 is 0 Å². The Morgan fingerprint density at radius 2 is 2.00 bits per heavy atom. The molecule has 5 N–H and O–H groups in total. The quantitative estimate of drug-likeness (QED) is 0.535. The molecule has 1 aliphatic rings. The van der Waals surface area contributed by atoms with Crippen LogP contribution in [-0.4, -0.2) is 59.8 Å². The molecule has 108 valence electrons. The minimum Gasteiger partial charge on any atom is -0.396 e. The summed E-state index contributed by atoms with van der Waals surface area (Å²) < 4.78 is 15.7. The highest BCUT2D eigenvalue weighted by atomic mass is 19.1. The predicted octanol–water partition coefficient (Wildman–Crippen LogP) is -1.37. The fourth-order valence-electron chi connectivity index (χ4n) is 2.70. The van der Waals surface area contributed by atoms with Crippen LogP contribution >= 0.6 is 0 Å². The average molecular weight is 283 g/mol. The zero-order valence-electron chi connectivity index (χ0n) is 10.3.